The number of ketones is 1. The van der Waals surface area contributed by atoms with Crippen LogP contribution in [0.15, 0.2) is 18.3 Å². The zero-order valence-corrected chi connectivity index (χ0v) is 9.69. The predicted molar refractivity (Wildman–Crippen MR) is 64.3 cm³/mol. The van der Waals surface area contributed by atoms with E-state index >= 15 is 0 Å². The van der Waals surface area contributed by atoms with E-state index in [1.807, 2.05) is 0 Å². The van der Waals surface area contributed by atoms with E-state index < -0.39 is 5.54 Å². The van der Waals surface area contributed by atoms with Crippen molar-refractivity contribution in [3.8, 4) is 0 Å². The number of carbonyl (C=O) groups excluding carboxylic acids is 1. The number of nitrogen functional groups attached to an aromatic ring is 1. The minimum Gasteiger partial charge on any atom is -0.384 e. The van der Waals surface area contributed by atoms with Crippen LogP contribution in [0.2, 0.25) is 0 Å². The number of nitrogens with zero attached hydrogens (tertiary/aromatic N) is 1. The first kappa shape index (κ1) is 12.0. The van der Waals surface area contributed by atoms with Crippen LogP contribution in [0, 0.1) is 0 Å². The van der Waals surface area contributed by atoms with Crippen molar-refractivity contribution in [2.45, 2.75) is 24.8 Å². The molecule has 4 N–H and O–H groups in total. The lowest BCUT2D eigenvalue weighted by Crippen LogP contribution is -2.52. The summed E-state index contributed by atoms with van der Waals surface area (Å²) in [4.78, 5) is 16.1. The Kier molecular flexibility index (Phi) is 3.40. The average molecular weight is 235 g/mol. The van der Waals surface area contributed by atoms with E-state index in [4.69, 9.17) is 16.2 Å². The molecule has 1 aliphatic heterocycles. The van der Waals surface area contributed by atoms with Gasteiger partial charge in [-0.3, -0.25) is 4.79 Å². The first-order valence-corrected chi connectivity index (χ1v) is 5.70. The average Bonchev–Trinajstić information content (AvgIpc) is 2.30. The molecular formula is C12H17N3O2. The molecule has 5 heteroatoms. The lowest BCUT2D eigenvalue weighted by molar-refractivity contribution is -0.126. The van der Waals surface area contributed by atoms with Gasteiger partial charge in [0.15, 0.2) is 5.78 Å². The van der Waals surface area contributed by atoms with E-state index in [1.54, 1.807) is 18.3 Å². The molecule has 2 heterocycles. The lowest BCUT2D eigenvalue weighted by atomic mass is 9.84. The summed E-state index contributed by atoms with van der Waals surface area (Å²) in [6.07, 6.45) is 3.09. The molecule has 1 aromatic heterocycles. The quantitative estimate of drug-likeness (QED) is 0.785. The maximum Gasteiger partial charge on any atom is 0.157 e. The molecule has 2 rings (SSSR count). The number of aromatic nitrogens is 1. The largest absolute Gasteiger partial charge is 0.384 e. The molecule has 0 radical (unpaired) electrons. The number of nitrogens with two attached hydrogens (primary N) is 2. The number of pyridine rings is 1. The van der Waals surface area contributed by atoms with E-state index in [9.17, 15) is 4.79 Å². The van der Waals surface area contributed by atoms with Crippen molar-refractivity contribution in [1.82, 2.24) is 4.98 Å². The second-order valence-electron chi connectivity index (χ2n) is 4.46. The third-order valence-electron chi connectivity index (χ3n) is 3.15. The van der Waals surface area contributed by atoms with Gasteiger partial charge in [0, 0.05) is 25.8 Å². The maximum atomic E-state index is 12.2. The van der Waals surface area contributed by atoms with Crippen molar-refractivity contribution in [2.24, 2.45) is 5.73 Å². The van der Waals surface area contributed by atoms with E-state index in [0.717, 1.165) is 5.56 Å². The highest BCUT2D eigenvalue weighted by Crippen LogP contribution is 2.20. The first-order valence-electron chi connectivity index (χ1n) is 5.70. The van der Waals surface area contributed by atoms with Crippen LogP contribution < -0.4 is 11.5 Å². The molecule has 1 saturated heterocycles. The van der Waals surface area contributed by atoms with Gasteiger partial charge in [0.25, 0.3) is 0 Å². The Balaban J connectivity index is 2.05. The Hall–Kier alpha value is -1.46. The van der Waals surface area contributed by atoms with Gasteiger partial charge in [0.1, 0.15) is 5.82 Å². The zero-order valence-electron chi connectivity index (χ0n) is 9.69. The topological polar surface area (TPSA) is 91.2 Å². The molecule has 0 aromatic carbocycles. The van der Waals surface area contributed by atoms with Crippen LogP contribution in [-0.4, -0.2) is 29.5 Å². The smallest absolute Gasteiger partial charge is 0.157 e. The molecule has 1 aliphatic rings. The van der Waals surface area contributed by atoms with Crippen LogP contribution >= 0.6 is 0 Å². The van der Waals surface area contributed by atoms with Crippen LogP contribution in [0.1, 0.15) is 18.4 Å². The molecule has 0 aliphatic carbocycles. The standard InChI is InChI=1S/C12H17N3O2/c13-11-8-9(1-4-15-11)7-10(16)12(14)2-5-17-6-3-12/h1,4,8H,2-3,5-7,14H2,(H2,13,15). The summed E-state index contributed by atoms with van der Waals surface area (Å²) in [7, 11) is 0. The van der Waals surface area contributed by atoms with Crippen LogP contribution in [0.4, 0.5) is 5.82 Å². The van der Waals surface area contributed by atoms with Crippen molar-refractivity contribution in [1.29, 1.82) is 0 Å². The summed E-state index contributed by atoms with van der Waals surface area (Å²) in [6, 6.07) is 3.50. The Morgan fingerprint density at radius 3 is 2.82 bits per heavy atom. The minimum absolute atomic E-state index is 0.0476. The highest BCUT2D eigenvalue weighted by atomic mass is 16.5. The third kappa shape index (κ3) is 2.81. The highest BCUT2D eigenvalue weighted by Gasteiger charge is 2.35. The Bertz CT molecular complexity index is 414. The number of hydrogen-bond acceptors (Lipinski definition) is 5. The van der Waals surface area contributed by atoms with Crippen molar-refractivity contribution < 1.29 is 9.53 Å². The van der Waals surface area contributed by atoms with Gasteiger partial charge in [-0.05, 0) is 30.5 Å². The molecule has 0 bridgehead atoms. The van der Waals surface area contributed by atoms with Crippen molar-refractivity contribution in [2.75, 3.05) is 18.9 Å². The summed E-state index contributed by atoms with van der Waals surface area (Å²) in [5, 5.41) is 0. The molecular weight excluding hydrogens is 218 g/mol. The monoisotopic (exact) mass is 235 g/mol. The van der Waals surface area contributed by atoms with E-state index in [-0.39, 0.29) is 5.78 Å². The SMILES string of the molecule is Nc1cc(CC(=O)C2(N)CCOCC2)ccn1. The summed E-state index contributed by atoms with van der Waals surface area (Å²) in [6.45, 7) is 1.11. The maximum absolute atomic E-state index is 12.2. The first-order chi connectivity index (χ1) is 8.10. The summed E-state index contributed by atoms with van der Waals surface area (Å²) in [5.74, 6) is 0.472. The second kappa shape index (κ2) is 4.81. The van der Waals surface area contributed by atoms with E-state index in [1.165, 1.54) is 0 Å². The predicted octanol–water partition coefficient (Wildman–Crippen LogP) is 0.283. The lowest BCUT2D eigenvalue weighted by Gasteiger charge is -2.31. The number of hydrogen-bond donors (Lipinski definition) is 2. The summed E-state index contributed by atoms with van der Waals surface area (Å²) in [5.41, 5.74) is 11.8. The van der Waals surface area contributed by atoms with Crippen molar-refractivity contribution >= 4 is 11.6 Å². The fraction of sp³-hybridized carbons (Fsp3) is 0.500. The van der Waals surface area contributed by atoms with Gasteiger partial charge < -0.3 is 16.2 Å². The van der Waals surface area contributed by atoms with Gasteiger partial charge in [0.05, 0.1) is 5.54 Å². The van der Waals surface area contributed by atoms with Crippen LogP contribution in [-0.2, 0) is 16.0 Å². The van der Waals surface area contributed by atoms with Crippen LogP contribution in [0.25, 0.3) is 0 Å². The van der Waals surface area contributed by atoms with Gasteiger partial charge in [-0.2, -0.15) is 0 Å². The van der Waals surface area contributed by atoms with Crippen molar-refractivity contribution in [3.63, 3.8) is 0 Å². The molecule has 0 atom stereocenters. The number of rotatable bonds is 3. The molecule has 0 unspecified atom stereocenters. The van der Waals surface area contributed by atoms with Gasteiger partial charge in [0.2, 0.25) is 0 Å². The molecule has 17 heavy (non-hydrogen) atoms. The Morgan fingerprint density at radius 2 is 2.18 bits per heavy atom. The van der Waals surface area contributed by atoms with Gasteiger partial charge in [-0.15, -0.1) is 0 Å². The highest BCUT2D eigenvalue weighted by molar-refractivity contribution is 5.90. The van der Waals surface area contributed by atoms with E-state index in [0.29, 0.717) is 38.3 Å². The summed E-state index contributed by atoms with van der Waals surface area (Å²) >= 11 is 0. The fourth-order valence-electron chi connectivity index (χ4n) is 1.98. The molecule has 1 fully saturated rings. The normalized spacial score (nSPS) is 18.9. The molecule has 1 aromatic rings. The number of anilines is 1. The molecule has 92 valence electrons. The summed E-state index contributed by atoms with van der Waals surface area (Å²) < 4.78 is 5.22. The molecule has 5 nitrogen and oxygen atoms in total. The molecule has 0 amide bonds. The number of ether oxygens (including phenoxy) is 1. The third-order valence-corrected chi connectivity index (χ3v) is 3.15. The Labute approximate surface area is 100 Å². The minimum atomic E-state index is -0.740. The second-order valence-corrected chi connectivity index (χ2v) is 4.46. The van der Waals surface area contributed by atoms with Crippen molar-refractivity contribution in [3.05, 3.63) is 23.9 Å². The van der Waals surface area contributed by atoms with E-state index in [2.05, 4.69) is 4.98 Å². The van der Waals surface area contributed by atoms with Gasteiger partial charge >= 0.3 is 0 Å². The zero-order chi connectivity index (χ0) is 12.3. The molecule has 0 saturated carbocycles. The number of carbonyl (C=O) groups is 1. The van der Waals surface area contributed by atoms with Gasteiger partial charge in [-0.1, -0.05) is 0 Å². The molecule has 0 spiro atoms. The van der Waals surface area contributed by atoms with Crippen LogP contribution in [0.5, 0.6) is 0 Å². The number of Topliss-reactive ketones (excluding diaryl/α,β-unsaturated/α-hetero) is 1. The van der Waals surface area contributed by atoms with Crippen LogP contribution in [0.3, 0.4) is 0 Å². The fourth-order valence-corrected chi connectivity index (χ4v) is 1.98. The Morgan fingerprint density at radius 1 is 1.47 bits per heavy atom. The van der Waals surface area contributed by atoms with Gasteiger partial charge in [-0.25, -0.2) is 4.98 Å².